The summed E-state index contributed by atoms with van der Waals surface area (Å²) in [5, 5.41) is 9.30. The predicted molar refractivity (Wildman–Crippen MR) is 60.1 cm³/mol. The first kappa shape index (κ1) is 10.5. The second-order valence-corrected chi connectivity index (χ2v) is 4.38. The van der Waals surface area contributed by atoms with Crippen LogP contribution in [-0.4, -0.2) is 18.3 Å². The van der Waals surface area contributed by atoms with Crippen molar-refractivity contribution in [3.8, 4) is 5.75 Å². The zero-order valence-electron chi connectivity index (χ0n) is 9.20. The fraction of sp³-hybridized carbons (Fsp3) is 0.538. The van der Waals surface area contributed by atoms with Gasteiger partial charge in [-0.25, -0.2) is 0 Å². The molecule has 1 saturated carbocycles. The van der Waals surface area contributed by atoms with Crippen LogP contribution in [0.4, 0.5) is 0 Å². The van der Waals surface area contributed by atoms with Crippen LogP contribution < -0.4 is 4.74 Å². The van der Waals surface area contributed by atoms with Crippen LogP contribution in [0.1, 0.15) is 25.3 Å². The van der Waals surface area contributed by atoms with Gasteiger partial charge in [-0.05, 0) is 43.2 Å². The van der Waals surface area contributed by atoms with E-state index in [9.17, 15) is 5.11 Å². The molecule has 1 aliphatic carbocycles. The van der Waals surface area contributed by atoms with Crippen LogP contribution in [0, 0.1) is 5.41 Å². The van der Waals surface area contributed by atoms with Gasteiger partial charge in [0.05, 0.1) is 6.61 Å². The highest BCUT2D eigenvalue weighted by molar-refractivity contribution is 5.35. The number of para-hydroxylation sites is 1. The first-order valence-electron chi connectivity index (χ1n) is 5.61. The number of aliphatic hydroxyl groups is 1. The Balaban J connectivity index is 2.13. The van der Waals surface area contributed by atoms with Crippen LogP contribution in [0.5, 0.6) is 5.75 Å². The number of rotatable bonds is 5. The molecular formula is C13H18O2. The summed E-state index contributed by atoms with van der Waals surface area (Å²) in [7, 11) is 0. The quantitative estimate of drug-likeness (QED) is 0.801. The van der Waals surface area contributed by atoms with Gasteiger partial charge < -0.3 is 9.84 Å². The maximum atomic E-state index is 9.30. The fourth-order valence-electron chi connectivity index (χ4n) is 1.92. The zero-order valence-corrected chi connectivity index (χ0v) is 9.20. The molecule has 2 heteroatoms. The molecule has 0 bridgehead atoms. The molecule has 15 heavy (non-hydrogen) atoms. The number of benzene rings is 1. The van der Waals surface area contributed by atoms with Gasteiger partial charge in [0.25, 0.3) is 0 Å². The summed E-state index contributed by atoms with van der Waals surface area (Å²) in [6.45, 7) is 2.99. The monoisotopic (exact) mass is 206 g/mol. The number of hydrogen-bond donors (Lipinski definition) is 1. The van der Waals surface area contributed by atoms with Gasteiger partial charge >= 0.3 is 0 Å². The maximum Gasteiger partial charge on any atom is 0.122 e. The Bertz CT molecular complexity index is 329. The molecule has 0 amide bonds. The molecule has 82 valence electrons. The maximum absolute atomic E-state index is 9.30. The molecule has 0 aliphatic heterocycles. The number of hydrogen-bond acceptors (Lipinski definition) is 2. The standard InChI is InChI=1S/C13H18O2/c1-2-15-12-6-4-3-5-11(12)9-13(10-14)7-8-13/h3-6,14H,2,7-10H2,1H3. The summed E-state index contributed by atoms with van der Waals surface area (Å²) in [5.41, 5.74) is 1.39. The van der Waals surface area contributed by atoms with Crippen molar-refractivity contribution in [3.63, 3.8) is 0 Å². The smallest absolute Gasteiger partial charge is 0.122 e. The Labute approximate surface area is 90.9 Å². The molecule has 0 atom stereocenters. The van der Waals surface area contributed by atoms with Gasteiger partial charge in [-0.2, -0.15) is 0 Å². The normalized spacial score (nSPS) is 17.5. The van der Waals surface area contributed by atoms with E-state index in [4.69, 9.17) is 4.74 Å². The molecule has 1 N–H and O–H groups in total. The van der Waals surface area contributed by atoms with Crippen molar-refractivity contribution in [2.75, 3.05) is 13.2 Å². The molecule has 1 fully saturated rings. The minimum atomic E-state index is 0.160. The molecule has 1 aromatic rings. The van der Waals surface area contributed by atoms with E-state index in [1.165, 1.54) is 5.56 Å². The molecule has 0 aromatic heterocycles. The van der Waals surface area contributed by atoms with Gasteiger partial charge in [0.15, 0.2) is 0 Å². The Morgan fingerprint density at radius 2 is 2.07 bits per heavy atom. The van der Waals surface area contributed by atoms with E-state index in [1.54, 1.807) is 0 Å². The number of aliphatic hydroxyl groups excluding tert-OH is 1. The van der Waals surface area contributed by atoms with Gasteiger partial charge in [0.1, 0.15) is 5.75 Å². The third kappa shape index (κ3) is 2.32. The van der Waals surface area contributed by atoms with Crippen molar-refractivity contribution < 1.29 is 9.84 Å². The Kier molecular flexibility index (Phi) is 2.96. The summed E-state index contributed by atoms with van der Waals surface area (Å²) in [6, 6.07) is 8.13. The van der Waals surface area contributed by atoms with E-state index in [0.29, 0.717) is 13.2 Å². The molecule has 1 aromatic carbocycles. The van der Waals surface area contributed by atoms with Gasteiger partial charge in [-0.15, -0.1) is 0 Å². The minimum absolute atomic E-state index is 0.160. The van der Waals surface area contributed by atoms with Crippen LogP contribution >= 0.6 is 0 Å². The minimum Gasteiger partial charge on any atom is -0.494 e. The van der Waals surface area contributed by atoms with Gasteiger partial charge in [-0.3, -0.25) is 0 Å². The van der Waals surface area contributed by atoms with Gasteiger partial charge in [-0.1, -0.05) is 18.2 Å². The van der Waals surface area contributed by atoms with Gasteiger partial charge in [0.2, 0.25) is 0 Å². The second-order valence-electron chi connectivity index (χ2n) is 4.38. The third-order valence-electron chi connectivity index (χ3n) is 3.13. The summed E-state index contributed by atoms with van der Waals surface area (Å²) >= 11 is 0. The molecule has 1 aliphatic rings. The molecular weight excluding hydrogens is 188 g/mol. The Morgan fingerprint density at radius 1 is 1.33 bits per heavy atom. The van der Waals surface area contributed by atoms with Crippen molar-refractivity contribution in [1.82, 2.24) is 0 Å². The average Bonchev–Trinajstić information content (AvgIpc) is 3.02. The lowest BCUT2D eigenvalue weighted by Gasteiger charge is -2.15. The van der Waals surface area contributed by atoms with E-state index < -0.39 is 0 Å². The molecule has 2 rings (SSSR count). The van der Waals surface area contributed by atoms with Crippen molar-refractivity contribution in [2.45, 2.75) is 26.2 Å². The van der Waals surface area contributed by atoms with Crippen molar-refractivity contribution in [3.05, 3.63) is 29.8 Å². The fourth-order valence-corrected chi connectivity index (χ4v) is 1.92. The highest BCUT2D eigenvalue weighted by atomic mass is 16.5. The summed E-state index contributed by atoms with van der Waals surface area (Å²) in [5.74, 6) is 0.972. The molecule has 0 heterocycles. The van der Waals surface area contributed by atoms with Crippen molar-refractivity contribution in [1.29, 1.82) is 0 Å². The van der Waals surface area contributed by atoms with Crippen LogP contribution in [-0.2, 0) is 6.42 Å². The average molecular weight is 206 g/mol. The Morgan fingerprint density at radius 3 is 2.67 bits per heavy atom. The predicted octanol–water partition coefficient (Wildman–Crippen LogP) is 2.40. The van der Waals surface area contributed by atoms with E-state index in [1.807, 2.05) is 25.1 Å². The molecule has 0 spiro atoms. The van der Waals surface area contributed by atoms with Crippen LogP contribution in [0.3, 0.4) is 0 Å². The Hall–Kier alpha value is -1.02. The van der Waals surface area contributed by atoms with E-state index in [-0.39, 0.29) is 5.41 Å². The first-order chi connectivity index (χ1) is 7.29. The second kappa shape index (κ2) is 4.23. The van der Waals surface area contributed by atoms with Gasteiger partial charge in [0, 0.05) is 6.61 Å². The molecule has 0 radical (unpaired) electrons. The van der Waals surface area contributed by atoms with Crippen LogP contribution in [0.25, 0.3) is 0 Å². The summed E-state index contributed by atoms with van der Waals surface area (Å²) < 4.78 is 5.57. The van der Waals surface area contributed by atoms with Crippen molar-refractivity contribution in [2.24, 2.45) is 5.41 Å². The lowest BCUT2D eigenvalue weighted by molar-refractivity contribution is 0.209. The van der Waals surface area contributed by atoms with Crippen molar-refractivity contribution >= 4 is 0 Å². The SMILES string of the molecule is CCOc1ccccc1CC1(CO)CC1. The summed E-state index contributed by atoms with van der Waals surface area (Å²) in [4.78, 5) is 0. The van der Waals surface area contributed by atoms with E-state index >= 15 is 0 Å². The highest BCUT2D eigenvalue weighted by Crippen LogP contribution is 2.48. The third-order valence-corrected chi connectivity index (χ3v) is 3.13. The summed E-state index contributed by atoms with van der Waals surface area (Å²) in [6.07, 6.45) is 3.23. The topological polar surface area (TPSA) is 29.5 Å². The molecule has 0 saturated heterocycles. The van der Waals surface area contributed by atoms with E-state index in [2.05, 4.69) is 6.07 Å². The highest BCUT2D eigenvalue weighted by Gasteiger charge is 2.42. The van der Waals surface area contributed by atoms with E-state index in [0.717, 1.165) is 25.0 Å². The first-order valence-corrected chi connectivity index (χ1v) is 5.61. The number of ether oxygens (including phenoxy) is 1. The lowest BCUT2D eigenvalue weighted by atomic mass is 9.97. The van der Waals surface area contributed by atoms with Crippen LogP contribution in [0.15, 0.2) is 24.3 Å². The van der Waals surface area contributed by atoms with Crippen LogP contribution in [0.2, 0.25) is 0 Å². The lowest BCUT2D eigenvalue weighted by Crippen LogP contribution is -2.11. The zero-order chi connectivity index (χ0) is 10.7. The molecule has 2 nitrogen and oxygen atoms in total. The largest absolute Gasteiger partial charge is 0.494 e. The molecule has 0 unspecified atom stereocenters.